The first kappa shape index (κ1) is 20.3. The molecule has 1 atom stereocenters. The van der Waals surface area contributed by atoms with Gasteiger partial charge < -0.3 is 14.6 Å². The fourth-order valence-corrected chi connectivity index (χ4v) is 3.28. The van der Waals surface area contributed by atoms with E-state index >= 15 is 0 Å². The van der Waals surface area contributed by atoms with E-state index in [0.29, 0.717) is 28.7 Å². The van der Waals surface area contributed by atoms with E-state index in [0.717, 1.165) is 0 Å². The Kier molecular flexibility index (Phi) is 5.74. The third-order valence-electron chi connectivity index (χ3n) is 4.70. The van der Waals surface area contributed by atoms with Crippen molar-refractivity contribution < 1.29 is 18.8 Å². The molecule has 0 spiro atoms. The number of para-hydroxylation sites is 2. The van der Waals surface area contributed by atoms with Crippen molar-refractivity contribution in [2.45, 2.75) is 26.3 Å². The van der Waals surface area contributed by atoms with Gasteiger partial charge in [-0.2, -0.15) is 10.1 Å². The van der Waals surface area contributed by atoms with E-state index in [2.05, 4.69) is 20.6 Å². The van der Waals surface area contributed by atoms with Gasteiger partial charge in [-0.05, 0) is 31.2 Å². The number of aromatic nitrogens is 2. The van der Waals surface area contributed by atoms with Crippen LogP contribution in [0.2, 0.25) is 0 Å². The van der Waals surface area contributed by atoms with Gasteiger partial charge in [0.25, 0.3) is 0 Å². The first-order valence-corrected chi connectivity index (χ1v) is 9.86. The van der Waals surface area contributed by atoms with Gasteiger partial charge in [0.15, 0.2) is 0 Å². The number of nitrogens with zero attached hydrogens (tertiary/aromatic N) is 4. The molecule has 9 nitrogen and oxygen atoms in total. The maximum atomic E-state index is 13.3. The van der Waals surface area contributed by atoms with Gasteiger partial charge in [-0.25, -0.2) is 4.79 Å². The largest absolute Gasteiger partial charge is 0.461 e. The summed E-state index contributed by atoms with van der Waals surface area (Å²) in [4.78, 5) is 29.8. The van der Waals surface area contributed by atoms with E-state index in [1.54, 1.807) is 37.1 Å². The van der Waals surface area contributed by atoms with Crippen LogP contribution < -0.4 is 10.3 Å². The van der Waals surface area contributed by atoms with Crippen molar-refractivity contribution in [3.05, 3.63) is 60.5 Å². The van der Waals surface area contributed by atoms with E-state index in [9.17, 15) is 9.59 Å². The average Bonchev–Trinajstić information content (AvgIpc) is 3.42. The zero-order chi connectivity index (χ0) is 21.8. The van der Waals surface area contributed by atoms with Crippen LogP contribution in [0.5, 0.6) is 0 Å². The Balaban J connectivity index is 1.61. The first-order valence-electron chi connectivity index (χ1n) is 9.86. The molecule has 1 aromatic heterocycles. The predicted octanol–water partition coefficient (Wildman–Crippen LogP) is 3.18. The van der Waals surface area contributed by atoms with E-state index in [4.69, 9.17) is 9.26 Å². The summed E-state index contributed by atoms with van der Waals surface area (Å²) in [6.07, 6.45) is 0.128. The number of anilines is 2. The van der Waals surface area contributed by atoms with Crippen LogP contribution in [0.15, 0.2) is 64.2 Å². The van der Waals surface area contributed by atoms with E-state index in [-0.39, 0.29) is 24.6 Å². The third-order valence-corrected chi connectivity index (χ3v) is 4.70. The molecule has 31 heavy (non-hydrogen) atoms. The van der Waals surface area contributed by atoms with Gasteiger partial charge in [0.05, 0.1) is 18.0 Å². The van der Waals surface area contributed by atoms with Gasteiger partial charge in [-0.1, -0.05) is 35.5 Å². The van der Waals surface area contributed by atoms with Crippen LogP contribution in [-0.2, 0) is 14.3 Å². The summed E-state index contributed by atoms with van der Waals surface area (Å²) in [6, 6.07) is 15.7. The Labute approximate surface area is 178 Å². The van der Waals surface area contributed by atoms with Gasteiger partial charge >= 0.3 is 5.97 Å². The molecule has 0 aliphatic carbocycles. The van der Waals surface area contributed by atoms with Gasteiger partial charge in [0, 0.05) is 18.9 Å². The number of hydrazone groups is 1. The molecule has 1 aliphatic heterocycles. The smallest absolute Gasteiger partial charge is 0.354 e. The minimum absolute atomic E-state index is 0.128. The molecule has 0 fully saturated rings. The summed E-state index contributed by atoms with van der Waals surface area (Å²) in [7, 11) is 0. The van der Waals surface area contributed by atoms with Crippen molar-refractivity contribution in [3.8, 4) is 11.4 Å². The van der Waals surface area contributed by atoms with E-state index < -0.39 is 12.0 Å². The lowest BCUT2D eigenvalue weighted by molar-refractivity contribution is -0.135. The molecule has 1 amide bonds. The second kappa shape index (κ2) is 8.78. The number of rotatable bonds is 6. The third kappa shape index (κ3) is 4.30. The van der Waals surface area contributed by atoms with Crippen LogP contribution in [0.25, 0.3) is 11.4 Å². The van der Waals surface area contributed by atoms with E-state index in [1.165, 1.54) is 0 Å². The number of hydrogen-bond donors (Lipinski definition) is 1. The van der Waals surface area contributed by atoms with E-state index in [1.807, 2.05) is 36.4 Å². The molecule has 2 heterocycles. The Morgan fingerprint density at radius 2 is 1.90 bits per heavy atom. The zero-order valence-corrected chi connectivity index (χ0v) is 17.1. The predicted molar refractivity (Wildman–Crippen MR) is 114 cm³/mol. The van der Waals surface area contributed by atoms with Crippen LogP contribution in [0.1, 0.15) is 19.2 Å². The highest BCUT2D eigenvalue weighted by atomic mass is 16.5. The molecule has 9 heteroatoms. The lowest BCUT2D eigenvalue weighted by Crippen LogP contribution is -2.39. The van der Waals surface area contributed by atoms with Crippen molar-refractivity contribution in [3.63, 3.8) is 0 Å². The van der Waals surface area contributed by atoms with Gasteiger partial charge in [-0.15, -0.1) is 0 Å². The summed E-state index contributed by atoms with van der Waals surface area (Å²) >= 11 is 0. The Bertz CT molecular complexity index is 1130. The Morgan fingerprint density at radius 1 is 1.16 bits per heavy atom. The number of benzene rings is 2. The van der Waals surface area contributed by atoms with Gasteiger partial charge in [0.1, 0.15) is 11.8 Å². The second-order valence-electron chi connectivity index (χ2n) is 6.84. The zero-order valence-electron chi connectivity index (χ0n) is 17.1. The molecule has 3 aromatic rings. The first-order chi connectivity index (χ1) is 15.1. The number of esters is 1. The van der Waals surface area contributed by atoms with Crippen molar-refractivity contribution >= 4 is 29.0 Å². The fourth-order valence-electron chi connectivity index (χ4n) is 3.28. The molecule has 1 aliphatic rings. The molecule has 0 saturated heterocycles. The highest BCUT2D eigenvalue weighted by Crippen LogP contribution is 2.29. The molecular weight excluding hydrogens is 398 g/mol. The topological polar surface area (TPSA) is 110 Å². The van der Waals surface area contributed by atoms with Gasteiger partial charge in [-0.3, -0.25) is 9.80 Å². The standard InChI is InChI=1S/C22H21N5O4/c1-3-30-22(29)18-13-19(27(25-18)15-9-5-4-6-10-15)21(28)24-17-12-8-7-11-16(17)20-23-14(2)31-26-20/h4-12,19H,3,13H2,1-2H3,(H,24,28). The molecule has 1 unspecified atom stereocenters. The average molecular weight is 419 g/mol. The quantitative estimate of drug-likeness (QED) is 0.611. The number of hydrogen-bond acceptors (Lipinski definition) is 8. The SMILES string of the molecule is CCOC(=O)C1=NN(c2ccccc2)C(C(=O)Nc2ccccc2-c2noc(C)n2)C1. The number of amides is 1. The molecule has 1 N–H and O–H groups in total. The number of carbonyl (C=O) groups is 2. The molecule has 0 saturated carbocycles. The van der Waals surface area contributed by atoms with Crippen molar-refractivity contribution in [1.82, 2.24) is 10.1 Å². The maximum Gasteiger partial charge on any atom is 0.354 e. The second-order valence-corrected chi connectivity index (χ2v) is 6.84. The maximum absolute atomic E-state index is 13.3. The summed E-state index contributed by atoms with van der Waals surface area (Å²) < 4.78 is 10.1. The summed E-state index contributed by atoms with van der Waals surface area (Å²) in [5, 5.41) is 12.8. The summed E-state index contributed by atoms with van der Waals surface area (Å²) in [6.45, 7) is 3.66. The molecule has 158 valence electrons. The molecule has 0 radical (unpaired) electrons. The highest BCUT2D eigenvalue weighted by molar-refractivity contribution is 6.38. The fraction of sp³-hybridized carbons (Fsp3) is 0.227. The molecule has 4 rings (SSSR count). The lowest BCUT2D eigenvalue weighted by Gasteiger charge is -2.23. The Morgan fingerprint density at radius 3 is 2.61 bits per heavy atom. The summed E-state index contributed by atoms with van der Waals surface area (Å²) in [5.41, 5.74) is 2.06. The van der Waals surface area contributed by atoms with Gasteiger partial charge in [0.2, 0.25) is 17.6 Å². The molecular formula is C22H21N5O4. The number of nitrogens with one attached hydrogen (secondary N) is 1. The monoisotopic (exact) mass is 419 g/mol. The minimum atomic E-state index is -0.720. The van der Waals surface area contributed by atoms with Crippen LogP contribution in [-0.4, -0.2) is 40.4 Å². The van der Waals surface area contributed by atoms with Crippen LogP contribution in [0.4, 0.5) is 11.4 Å². The van der Waals surface area contributed by atoms with Crippen LogP contribution >= 0.6 is 0 Å². The summed E-state index contributed by atoms with van der Waals surface area (Å²) in [5.74, 6) is -0.0428. The number of ether oxygens (including phenoxy) is 1. The van der Waals surface area contributed by atoms with Crippen LogP contribution in [0, 0.1) is 6.92 Å². The minimum Gasteiger partial charge on any atom is -0.461 e. The normalized spacial score (nSPS) is 15.5. The van der Waals surface area contributed by atoms with Crippen molar-refractivity contribution in [2.75, 3.05) is 16.9 Å². The highest BCUT2D eigenvalue weighted by Gasteiger charge is 2.37. The molecule has 0 bridgehead atoms. The number of aryl methyl sites for hydroxylation is 1. The Hall–Kier alpha value is -4.01. The van der Waals surface area contributed by atoms with Crippen LogP contribution in [0.3, 0.4) is 0 Å². The number of carbonyl (C=O) groups excluding carboxylic acids is 2. The van der Waals surface area contributed by atoms with Crippen molar-refractivity contribution in [1.29, 1.82) is 0 Å². The van der Waals surface area contributed by atoms with Crippen molar-refractivity contribution in [2.24, 2.45) is 5.10 Å². The lowest BCUT2D eigenvalue weighted by atomic mass is 10.1. The molecule has 2 aromatic carbocycles.